The quantitative estimate of drug-likeness (QED) is 0.485. The van der Waals surface area contributed by atoms with Crippen LogP contribution in [-0.4, -0.2) is 45.0 Å². The van der Waals surface area contributed by atoms with Crippen molar-refractivity contribution in [3.63, 3.8) is 0 Å². The third-order valence-corrected chi connectivity index (χ3v) is 3.71. The molecule has 2 aromatic carbocycles. The minimum Gasteiger partial charge on any atom is -0.545 e. The Morgan fingerprint density at radius 2 is 1.00 bits per heavy atom. The number of aromatic nitrogens is 2. The second-order valence-corrected chi connectivity index (χ2v) is 5.34. The summed E-state index contributed by atoms with van der Waals surface area (Å²) in [6.07, 6.45) is 3.13. The average molecular weight is 369 g/mol. The molecule has 128 valence electrons. The zero-order chi connectivity index (χ0) is 18.5. The van der Waals surface area contributed by atoms with Crippen LogP contribution in [0, 0.1) is 0 Å². The summed E-state index contributed by atoms with van der Waals surface area (Å²) >= 11 is 0. The molecule has 4 aromatic rings. The molecule has 0 saturated heterocycles. The third-order valence-electron chi connectivity index (χ3n) is 3.71. The van der Waals surface area contributed by atoms with Crippen molar-refractivity contribution < 1.29 is 19.8 Å². The van der Waals surface area contributed by atoms with Gasteiger partial charge in [-0.1, -0.05) is 48.5 Å². The number of carbonyl (C=O) groups is 2. The molecule has 0 amide bonds. The molecule has 0 aliphatic carbocycles. The van der Waals surface area contributed by atoms with Gasteiger partial charge in [0.1, 0.15) is 0 Å². The number of hydrogen-bond acceptors (Lipinski definition) is 6. The summed E-state index contributed by atoms with van der Waals surface area (Å²) in [6, 6.07) is 17.1. The second kappa shape index (κ2) is 9.06. The summed E-state index contributed by atoms with van der Waals surface area (Å²) in [7, 11) is 0. The minimum atomic E-state index is -1.19. The number of carboxylic acid groups (broad SMARTS) is 2. The Morgan fingerprint density at radius 3 is 1.37 bits per heavy atom. The van der Waals surface area contributed by atoms with Crippen LogP contribution in [0.1, 0.15) is 20.7 Å². The first kappa shape index (κ1) is 20.3. The number of fused-ring (bicyclic) bond motifs is 2. The Bertz CT molecular complexity index is 1020. The molecular formula is C20H12MgN2O4. The number of aromatic carboxylic acids is 2. The van der Waals surface area contributed by atoms with Crippen LogP contribution in [0.25, 0.3) is 21.8 Å². The van der Waals surface area contributed by atoms with Crippen molar-refractivity contribution in [2.45, 2.75) is 0 Å². The van der Waals surface area contributed by atoms with E-state index in [1.54, 1.807) is 36.7 Å². The maximum absolute atomic E-state index is 10.7. The van der Waals surface area contributed by atoms with Gasteiger partial charge in [-0.15, -0.1) is 0 Å². The maximum Gasteiger partial charge on any atom is 2.00 e. The van der Waals surface area contributed by atoms with E-state index in [-0.39, 0.29) is 34.2 Å². The average Bonchev–Trinajstić information content (AvgIpc) is 2.67. The summed E-state index contributed by atoms with van der Waals surface area (Å²) in [5.74, 6) is -2.38. The van der Waals surface area contributed by atoms with Gasteiger partial charge in [0, 0.05) is 34.3 Å². The van der Waals surface area contributed by atoms with E-state index >= 15 is 0 Å². The standard InChI is InChI=1S/2C10H7NO2.Mg/c2*12-10(13)8-5-1-3-7-4-2-6-11-9(7)8;/h2*1-6H,(H,12,13);/q;;+2/p-2. The number of pyridine rings is 2. The summed E-state index contributed by atoms with van der Waals surface area (Å²) in [5.41, 5.74) is 1.23. The monoisotopic (exact) mass is 368 g/mol. The Hall–Kier alpha value is -3.03. The molecule has 0 unspecified atom stereocenters. The molecule has 0 radical (unpaired) electrons. The third kappa shape index (κ3) is 4.58. The van der Waals surface area contributed by atoms with Crippen LogP contribution in [-0.2, 0) is 0 Å². The van der Waals surface area contributed by atoms with Gasteiger partial charge in [-0.25, -0.2) is 0 Å². The van der Waals surface area contributed by atoms with Gasteiger partial charge in [-0.2, -0.15) is 0 Å². The number of benzene rings is 2. The normalized spacial score (nSPS) is 9.78. The van der Waals surface area contributed by atoms with Crippen LogP contribution in [0.4, 0.5) is 0 Å². The van der Waals surface area contributed by atoms with Crippen LogP contribution < -0.4 is 10.2 Å². The van der Waals surface area contributed by atoms with Gasteiger partial charge < -0.3 is 19.8 Å². The van der Waals surface area contributed by atoms with Crippen molar-refractivity contribution in [3.05, 3.63) is 84.2 Å². The molecule has 0 spiro atoms. The Morgan fingerprint density at radius 1 is 0.630 bits per heavy atom. The van der Waals surface area contributed by atoms with Gasteiger partial charge in [0.2, 0.25) is 0 Å². The molecule has 2 heterocycles. The smallest absolute Gasteiger partial charge is 0.545 e. The molecule has 0 fully saturated rings. The van der Waals surface area contributed by atoms with Crippen LogP contribution in [0.15, 0.2) is 73.1 Å². The zero-order valence-corrected chi connectivity index (χ0v) is 15.6. The fraction of sp³-hybridized carbons (Fsp3) is 0. The molecule has 0 aliphatic heterocycles. The van der Waals surface area contributed by atoms with E-state index in [1.165, 1.54) is 12.1 Å². The topological polar surface area (TPSA) is 106 Å². The van der Waals surface area contributed by atoms with Crippen molar-refractivity contribution in [1.82, 2.24) is 9.97 Å². The van der Waals surface area contributed by atoms with Gasteiger partial charge in [0.15, 0.2) is 0 Å². The molecule has 2 aromatic heterocycles. The van der Waals surface area contributed by atoms with E-state index < -0.39 is 11.9 Å². The van der Waals surface area contributed by atoms with Gasteiger partial charge >= 0.3 is 23.1 Å². The van der Waals surface area contributed by atoms with E-state index in [2.05, 4.69) is 9.97 Å². The Labute approximate surface area is 170 Å². The predicted octanol–water partition coefficient (Wildman–Crippen LogP) is 0.816. The largest absolute Gasteiger partial charge is 2.00 e. The Kier molecular flexibility index (Phi) is 6.81. The number of nitrogens with zero attached hydrogens (tertiary/aromatic N) is 2. The van der Waals surface area contributed by atoms with Crippen molar-refractivity contribution >= 4 is 56.8 Å². The molecule has 4 rings (SSSR count). The van der Waals surface area contributed by atoms with Crippen molar-refractivity contribution in [2.75, 3.05) is 0 Å². The van der Waals surface area contributed by atoms with Crippen LogP contribution in [0.2, 0.25) is 0 Å². The number of hydrogen-bond donors (Lipinski definition) is 0. The fourth-order valence-corrected chi connectivity index (χ4v) is 2.54. The van der Waals surface area contributed by atoms with E-state index in [0.29, 0.717) is 11.0 Å². The van der Waals surface area contributed by atoms with Crippen LogP contribution in [0.5, 0.6) is 0 Å². The van der Waals surface area contributed by atoms with Crippen LogP contribution in [0.3, 0.4) is 0 Å². The van der Waals surface area contributed by atoms with Crippen molar-refractivity contribution in [2.24, 2.45) is 0 Å². The Balaban J connectivity index is 0.000000187. The summed E-state index contributed by atoms with van der Waals surface area (Å²) < 4.78 is 0. The van der Waals surface area contributed by atoms with Gasteiger partial charge in [0.05, 0.1) is 23.0 Å². The molecule has 27 heavy (non-hydrogen) atoms. The minimum absolute atomic E-state index is 0. The number of carbonyl (C=O) groups excluding carboxylic acids is 2. The van der Waals surface area contributed by atoms with E-state index in [1.807, 2.05) is 24.3 Å². The molecular weight excluding hydrogens is 357 g/mol. The first-order valence-corrected chi connectivity index (χ1v) is 7.68. The van der Waals surface area contributed by atoms with Gasteiger partial charge in [-0.3, -0.25) is 9.97 Å². The van der Waals surface area contributed by atoms with Crippen molar-refractivity contribution in [1.29, 1.82) is 0 Å². The summed E-state index contributed by atoms with van der Waals surface area (Å²) in [5, 5.41) is 22.9. The van der Waals surface area contributed by atoms with E-state index in [9.17, 15) is 19.8 Å². The first-order valence-electron chi connectivity index (χ1n) is 7.68. The fourth-order valence-electron chi connectivity index (χ4n) is 2.54. The molecule has 0 saturated carbocycles. The molecule has 0 N–H and O–H groups in total. The number of rotatable bonds is 2. The second-order valence-electron chi connectivity index (χ2n) is 5.34. The van der Waals surface area contributed by atoms with E-state index in [4.69, 9.17) is 0 Å². The zero-order valence-electron chi connectivity index (χ0n) is 14.2. The van der Waals surface area contributed by atoms with Gasteiger partial charge in [-0.05, 0) is 12.1 Å². The molecule has 0 bridgehead atoms. The van der Waals surface area contributed by atoms with Crippen molar-refractivity contribution in [3.8, 4) is 0 Å². The maximum atomic E-state index is 10.7. The molecule has 7 heteroatoms. The first-order chi connectivity index (χ1) is 12.6. The number of carboxylic acids is 2. The van der Waals surface area contributed by atoms with Gasteiger partial charge in [0.25, 0.3) is 0 Å². The molecule has 0 aliphatic rings. The predicted molar refractivity (Wildman–Crippen MR) is 97.9 cm³/mol. The van der Waals surface area contributed by atoms with E-state index in [0.717, 1.165) is 10.8 Å². The molecule has 0 atom stereocenters. The summed E-state index contributed by atoms with van der Waals surface area (Å²) in [6.45, 7) is 0. The molecule has 6 nitrogen and oxygen atoms in total. The SMILES string of the molecule is O=C([O-])c1cccc2cccnc12.O=C([O-])c1cccc2cccnc12.[Mg+2]. The van der Waals surface area contributed by atoms with Crippen LogP contribution >= 0.6 is 0 Å². The number of para-hydroxylation sites is 2. The summed E-state index contributed by atoms with van der Waals surface area (Å²) in [4.78, 5) is 29.3.